The molecule has 108 valence electrons. The summed E-state index contributed by atoms with van der Waals surface area (Å²) < 4.78 is 5.47. The van der Waals surface area contributed by atoms with Crippen LogP contribution in [-0.4, -0.2) is 61.5 Å². The lowest BCUT2D eigenvalue weighted by molar-refractivity contribution is -0.0190. The van der Waals surface area contributed by atoms with Crippen molar-refractivity contribution in [3.8, 4) is 0 Å². The Morgan fingerprint density at radius 3 is 2.83 bits per heavy atom. The first kappa shape index (κ1) is 15.9. The number of nitrogens with zero attached hydrogens (tertiary/aromatic N) is 1. The maximum absolute atomic E-state index is 10.0. The highest BCUT2D eigenvalue weighted by Gasteiger charge is 2.23. The standard InChI is InChI=1S/C14H30N2O2/c1-12(2)18-11-14(17)10-16-9-5-4-6-13(16)7-8-15-3/h12-15,17H,4-11H2,1-3H3. The molecule has 1 aliphatic rings. The van der Waals surface area contributed by atoms with Gasteiger partial charge >= 0.3 is 0 Å². The van der Waals surface area contributed by atoms with Crippen LogP contribution in [-0.2, 0) is 4.74 Å². The normalized spacial score (nSPS) is 23.5. The summed E-state index contributed by atoms with van der Waals surface area (Å²) in [7, 11) is 2.00. The zero-order chi connectivity index (χ0) is 13.4. The van der Waals surface area contributed by atoms with E-state index in [0.29, 0.717) is 12.6 Å². The summed E-state index contributed by atoms with van der Waals surface area (Å²) >= 11 is 0. The van der Waals surface area contributed by atoms with E-state index in [1.54, 1.807) is 0 Å². The van der Waals surface area contributed by atoms with Crippen LogP contribution in [0.3, 0.4) is 0 Å². The highest BCUT2D eigenvalue weighted by molar-refractivity contribution is 4.79. The Kier molecular flexibility index (Phi) is 7.82. The van der Waals surface area contributed by atoms with Crippen LogP contribution in [0.4, 0.5) is 0 Å². The molecule has 0 aliphatic carbocycles. The fourth-order valence-corrected chi connectivity index (χ4v) is 2.57. The molecule has 2 N–H and O–H groups in total. The van der Waals surface area contributed by atoms with Crippen molar-refractivity contribution in [3.05, 3.63) is 0 Å². The van der Waals surface area contributed by atoms with Gasteiger partial charge in [-0.25, -0.2) is 0 Å². The summed E-state index contributed by atoms with van der Waals surface area (Å²) in [5, 5.41) is 13.2. The molecule has 2 atom stereocenters. The van der Waals surface area contributed by atoms with E-state index in [0.717, 1.165) is 19.6 Å². The molecule has 1 rings (SSSR count). The monoisotopic (exact) mass is 258 g/mol. The molecule has 2 unspecified atom stereocenters. The molecular formula is C14H30N2O2. The van der Waals surface area contributed by atoms with Gasteiger partial charge in [-0.05, 0) is 53.2 Å². The number of likely N-dealkylation sites (tertiary alicyclic amines) is 1. The van der Waals surface area contributed by atoms with Gasteiger partial charge in [0.05, 0.1) is 18.8 Å². The minimum absolute atomic E-state index is 0.195. The third-order valence-electron chi connectivity index (χ3n) is 3.54. The first-order valence-corrected chi connectivity index (χ1v) is 7.31. The average molecular weight is 258 g/mol. The van der Waals surface area contributed by atoms with Gasteiger partial charge < -0.3 is 15.2 Å². The zero-order valence-electron chi connectivity index (χ0n) is 12.2. The number of nitrogens with one attached hydrogen (secondary N) is 1. The van der Waals surface area contributed by atoms with E-state index >= 15 is 0 Å². The first-order valence-electron chi connectivity index (χ1n) is 7.31. The Balaban J connectivity index is 2.31. The number of rotatable bonds is 8. The molecule has 4 nitrogen and oxygen atoms in total. The van der Waals surface area contributed by atoms with E-state index in [4.69, 9.17) is 4.74 Å². The van der Waals surface area contributed by atoms with E-state index in [2.05, 4.69) is 10.2 Å². The van der Waals surface area contributed by atoms with Crippen molar-refractivity contribution in [2.75, 3.05) is 33.3 Å². The average Bonchev–Trinajstić information content (AvgIpc) is 2.35. The van der Waals surface area contributed by atoms with E-state index in [1.165, 1.54) is 25.7 Å². The molecule has 4 heteroatoms. The van der Waals surface area contributed by atoms with Crippen molar-refractivity contribution in [3.63, 3.8) is 0 Å². The quantitative estimate of drug-likeness (QED) is 0.687. The van der Waals surface area contributed by atoms with Crippen LogP contribution in [0.2, 0.25) is 0 Å². The Hall–Kier alpha value is -0.160. The molecule has 0 saturated carbocycles. The maximum atomic E-state index is 10.0. The summed E-state index contributed by atoms with van der Waals surface area (Å²) in [4.78, 5) is 2.44. The number of hydrogen-bond donors (Lipinski definition) is 2. The van der Waals surface area contributed by atoms with Gasteiger partial charge in [0.2, 0.25) is 0 Å². The lowest BCUT2D eigenvalue weighted by Crippen LogP contribution is -2.45. The molecule has 0 spiro atoms. The second kappa shape index (κ2) is 8.86. The van der Waals surface area contributed by atoms with Gasteiger partial charge in [0.15, 0.2) is 0 Å². The number of aliphatic hydroxyl groups is 1. The second-order valence-corrected chi connectivity index (χ2v) is 5.57. The van der Waals surface area contributed by atoms with Crippen LogP contribution in [0, 0.1) is 0 Å². The van der Waals surface area contributed by atoms with Crippen LogP contribution in [0.15, 0.2) is 0 Å². The lowest BCUT2D eigenvalue weighted by atomic mass is 9.99. The fourth-order valence-electron chi connectivity index (χ4n) is 2.57. The topological polar surface area (TPSA) is 44.7 Å². The number of aliphatic hydroxyl groups excluding tert-OH is 1. The minimum atomic E-state index is -0.359. The minimum Gasteiger partial charge on any atom is -0.389 e. The van der Waals surface area contributed by atoms with Crippen molar-refractivity contribution in [1.29, 1.82) is 0 Å². The van der Waals surface area contributed by atoms with E-state index in [1.807, 2.05) is 20.9 Å². The van der Waals surface area contributed by atoms with Gasteiger partial charge in [0.1, 0.15) is 0 Å². The molecule has 0 radical (unpaired) electrons. The predicted molar refractivity (Wildman–Crippen MR) is 74.9 cm³/mol. The molecule has 0 amide bonds. The summed E-state index contributed by atoms with van der Waals surface area (Å²) in [5.74, 6) is 0. The highest BCUT2D eigenvalue weighted by atomic mass is 16.5. The van der Waals surface area contributed by atoms with Crippen LogP contribution in [0.25, 0.3) is 0 Å². The molecule has 0 aromatic rings. The van der Waals surface area contributed by atoms with Gasteiger partial charge in [-0.15, -0.1) is 0 Å². The molecule has 1 fully saturated rings. The Bertz CT molecular complexity index is 212. The number of β-amino-alcohol motifs (C(OH)–C–C–N with tert-alkyl or cyclic N) is 1. The number of piperidine rings is 1. The van der Waals surface area contributed by atoms with Crippen LogP contribution >= 0.6 is 0 Å². The predicted octanol–water partition coefficient (Wildman–Crippen LogP) is 1.24. The Morgan fingerprint density at radius 2 is 2.17 bits per heavy atom. The fraction of sp³-hybridized carbons (Fsp3) is 1.00. The molecule has 1 saturated heterocycles. The summed E-state index contributed by atoms with van der Waals surface area (Å²) in [6.45, 7) is 7.38. The van der Waals surface area contributed by atoms with Gasteiger partial charge in [-0.2, -0.15) is 0 Å². The largest absolute Gasteiger partial charge is 0.389 e. The smallest absolute Gasteiger partial charge is 0.0900 e. The molecule has 1 aliphatic heterocycles. The van der Waals surface area contributed by atoms with Crippen molar-refractivity contribution < 1.29 is 9.84 Å². The van der Waals surface area contributed by atoms with Crippen molar-refractivity contribution >= 4 is 0 Å². The molecular weight excluding hydrogens is 228 g/mol. The molecule has 0 bridgehead atoms. The van der Waals surface area contributed by atoms with E-state index < -0.39 is 0 Å². The van der Waals surface area contributed by atoms with Crippen molar-refractivity contribution in [1.82, 2.24) is 10.2 Å². The summed E-state index contributed by atoms with van der Waals surface area (Å²) in [6, 6.07) is 0.625. The van der Waals surface area contributed by atoms with Crippen molar-refractivity contribution in [2.45, 2.75) is 57.8 Å². The van der Waals surface area contributed by atoms with Gasteiger partial charge in [-0.1, -0.05) is 6.42 Å². The number of hydrogen-bond acceptors (Lipinski definition) is 4. The molecule has 0 aromatic carbocycles. The Labute approximate surface area is 112 Å². The lowest BCUT2D eigenvalue weighted by Gasteiger charge is -2.37. The number of ether oxygens (including phenoxy) is 1. The van der Waals surface area contributed by atoms with Gasteiger partial charge in [0, 0.05) is 12.6 Å². The molecule has 0 aromatic heterocycles. The summed E-state index contributed by atoms with van der Waals surface area (Å²) in [6.07, 6.45) is 4.86. The van der Waals surface area contributed by atoms with E-state index in [9.17, 15) is 5.11 Å². The molecule has 18 heavy (non-hydrogen) atoms. The second-order valence-electron chi connectivity index (χ2n) is 5.57. The first-order chi connectivity index (χ1) is 8.63. The summed E-state index contributed by atoms with van der Waals surface area (Å²) in [5.41, 5.74) is 0. The highest BCUT2D eigenvalue weighted by Crippen LogP contribution is 2.19. The Morgan fingerprint density at radius 1 is 1.39 bits per heavy atom. The van der Waals surface area contributed by atoms with Gasteiger partial charge in [-0.3, -0.25) is 4.90 Å². The third-order valence-corrected chi connectivity index (χ3v) is 3.54. The van der Waals surface area contributed by atoms with Crippen LogP contribution < -0.4 is 5.32 Å². The van der Waals surface area contributed by atoms with Crippen LogP contribution in [0.1, 0.15) is 39.5 Å². The molecule has 1 heterocycles. The SMILES string of the molecule is CNCCC1CCCCN1CC(O)COC(C)C. The van der Waals surface area contributed by atoms with Gasteiger partial charge in [0.25, 0.3) is 0 Å². The third kappa shape index (κ3) is 6.14. The maximum Gasteiger partial charge on any atom is 0.0900 e. The van der Waals surface area contributed by atoms with Crippen molar-refractivity contribution in [2.24, 2.45) is 0 Å². The van der Waals surface area contributed by atoms with E-state index in [-0.39, 0.29) is 12.2 Å². The zero-order valence-corrected chi connectivity index (χ0v) is 12.2. The van der Waals surface area contributed by atoms with Crippen LogP contribution in [0.5, 0.6) is 0 Å².